The third kappa shape index (κ3) is 2.98. The minimum Gasteiger partial charge on any atom is -0.363 e. The number of aromatic nitrogens is 2. The number of hydrogen-bond acceptors (Lipinski definition) is 3. The lowest BCUT2D eigenvalue weighted by Gasteiger charge is -2.38. The predicted octanol–water partition coefficient (Wildman–Crippen LogP) is 5.24. The molecule has 1 aliphatic carbocycles. The van der Waals surface area contributed by atoms with Crippen molar-refractivity contribution >= 4 is 23.3 Å². The lowest BCUT2D eigenvalue weighted by Crippen LogP contribution is -2.39. The van der Waals surface area contributed by atoms with Crippen LogP contribution in [0.2, 0.25) is 5.02 Å². The van der Waals surface area contributed by atoms with Gasteiger partial charge in [-0.25, -0.2) is 4.68 Å². The Morgan fingerprint density at radius 2 is 1.84 bits per heavy atom. The predicted molar refractivity (Wildman–Crippen MR) is 126 cm³/mol. The maximum atomic E-state index is 13.6. The monoisotopic (exact) mass is 446 g/mol. The number of nitrogens with zero attached hydrogens (tertiary/aromatic N) is 3. The summed E-state index contributed by atoms with van der Waals surface area (Å²) in [5.41, 5.74) is 3.11. The molecule has 3 aliphatic rings. The maximum Gasteiger partial charge on any atom is 0.259 e. The van der Waals surface area contributed by atoms with E-state index in [4.69, 9.17) is 11.6 Å². The minimum absolute atomic E-state index is 0.0730. The molecule has 0 radical (unpaired) electrons. The maximum absolute atomic E-state index is 13.6. The van der Waals surface area contributed by atoms with E-state index < -0.39 is 0 Å². The Kier molecular flexibility index (Phi) is 4.25. The first-order valence-electron chi connectivity index (χ1n) is 11.3. The molecule has 32 heavy (non-hydrogen) atoms. The standard InChI is InChI=1S/C26H27ClN4O/c1-25(2)13-22(17-6-4-3-5-7-17)29-23-21(14-28-31(23)25)24(32)30-15-19-12-26(19,16-30)18-8-10-20(27)11-9-18/h3-11,14,19,22,29H,12-13,15-16H2,1-2H3/t19?,22-,26?/m1/s1. The molecule has 164 valence electrons. The third-order valence-electron chi connectivity index (χ3n) is 7.64. The van der Waals surface area contributed by atoms with Crippen LogP contribution in [0, 0.1) is 5.92 Å². The zero-order valence-electron chi connectivity index (χ0n) is 18.4. The number of rotatable bonds is 3. The van der Waals surface area contributed by atoms with Gasteiger partial charge in [0.1, 0.15) is 11.4 Å². The van der Waals surface area contributed by atoms with Crippen LogP contribution in [-0.4, -0.2) is 33.7 Å². The van der Waals surface area contributed by atoms with Gasteiger partial charge in [-0.05, 0) is 55.9 Å². The summed E-state index contributed by atoms with van der Waals surface area (Å²) in [6.07, 6.45) is 3.80. The van der Waals surface area contributed by atoms with E-state index in [1.165, 1.54) is 11.1 Å². The van der Waals surface area contributed by atoms with Gasteiger partial charge in [-0.3, -0.25) is 4.79 Å². The van der Waals surface area contributed by atoms with Crippen molar-refractivity contribution in [3.63, 3.8) is 0 Å². The van der Waals surface area contributed by atoms with E-state index in [0.29, 0.717) is 11.5 Å². The summed E-state index contributed by atoms with van der Waals surface area (Å²) in [7, 11) is 0. The van der Waals surface area contributed by atoms with Gasteiger partial charge in [0.2, 0.25) is 0 Å². The quantitative estimate of drug-likeness (QED) is 0.598. The normalized spacial score (nSPS) is 27.4. The van der Waals surface area contributed by atoms with Crippen molar-refractivity contribution in [2.45, 2.75) is 43.7 Å². The van der Waals surface area contributed by atoms with Gasteiger partial charge in [0.05, 0.1) is 17.8 Å². The number of amides is 1. The molecule has 0 spiro atoms. The van der Waals surface area contributed by atoms with Crippen molar-refractivity contribution in [3.05, 3.63) is 82.5 Å². The van der Waals surface area contributed by atoms with Crippen LogP contribution in [0.5, 0.6) is 0 Å². The molecule has 6 heteroatoms. The Hall–Kier alpha value is -2.79. The molecule has 2 aliphatic heterocycles. The van der Waals surface area contributed by atoms with Crippen molar-refractivity contribution in [1.29, 1.82) is 0 Å². The molecule has 3 aromatic rings. The first-order valence-corrected chi connectivity index (χ1v) is 11.7. The first-order chi connectivity index (χ1) is 15.4. The summed E-state index contributed by atoms with van der Waals surface area (Å²) >= 11 is 6.09. The highest BCUT2D eigenvalue weighted by atomic mass is 35.5. The topological polar surface area (TPSA) is 50.2 Å². The van der Waals surface area contributed by atoms with E-state index in [1.807, 2.05) is 27.8 Å². The van der Waals surface area contributed by atoms with E-state index in [-0.39, 0.29) is 22.9 Å². The molecule has 5 nitrogen and oxygen atoms in total. The Labute approximate surface area is 193 Å². The molecule has 2 fully saturated rings. The Balaban J connectivity index is 1.28. The third-order valence-corrected chi connectivity index (χ3v) is 7.89. The molecule has 1 saturated carbocycles. The highest BCUT2D eigenvalue weighted by Crippen LogP contribution is 2.59. The number of benzene rings is 2. The van der Waals surface area contributed by atoms with Gasteiger partial charge in [-0.1, -0.05) is 54.1 Å². The molecule has 3 atom stereocenters. The summed E-state index contributed by atoms with van der Waals surface area (Å²) in [5.74, 6) is 1.44. The zero-order valence-corrected chi connectivity index (χ0v) is 19.1. The van der Waals surface area contributed by atoms with Crippen molar-refractivity contribution in [2.24, 2.45) is 5.92 Å². The fraction of sp³-hybridized carbons (Fsp3) is 0.385. The first kappa shape index (κ1) is 19.9. The highest BCUT2D eigenvalue weighted by molar-refractivity contribution is 6.30. The minimum atomic E-state index is -0.183. The number of nitrogens with one attached hydrogen (secondary N) is 1. The molecule has 0 bridgehead atoms. The van der Waals surface area contributed by atoms with Crippen LogP contribution in [0.3, 0.4) is 0 Å². The number of anilines is 1. The van der Waals surface area contributed by atoms with Crippen molar-refractivity contribution in [2.75, 3.05) is 18.4 Å². The summed E-state index contributed by atoms with van der Waals surface area (Å²) in [5, 5.41) is 9.02. The molecule has 3 heterocycles. The summed E-state index contributed by atoms with van der Waals surface area (Å²) in [6, 6.07) is 18.7. The molecule has 1 aromatic heterocycles. The lowest BCUT2D eigenvalue weighted by molar-refractivity contribution is 0.0772. The van der Waals surface area contributed by atoms with Crippen LogP contribution < -0.4 is 5.32 Å². The number of fused-ring (bicyclic) bond motifs is 2. The van der Waals surface area contributed by atoms with Crippen LogP contribution in [-0.2, 0) is 11.0 Å². The van der Waals surface area contributed by atoms with Crippen LogP contribution in [0.15, 0.2) is 60.8 Å². The van der Waals surface area contributed by atoms with Gasteiger partial charge >= 0.3 is 0 Å². The van der Waals surface area contributed by atoms with Crippen LogP contribution in [0.1, 0.15) is 54.2 Å². The molecule has 1 amide bonds. The number of likely N-dealkylation sites (tertiary alicyclic amines) is 1. The molecule has 2 unspecified atom stereocenters. The summed E-state index contributed by atoms with van der Waals surface area (Å²) in [4.78, 5) is 15.7. The molecule has 2 aromatic carbocycles. The number of halogens is 1. The van der Waals surface area contributed by atoms with Gasteiger partial charge in [0.15, 0.2) is 0 Å². The molecule has 1 saturated heterocycles. The average molecular weight is 447 g/mol. The van der Waals surface area contributed by atoms with Gasteiger partial charge in [0, 0.05) is 23.5 Å². The SMILES string of the molecule is CC1(C)C[C@H](c2ccccc2)Nc2c(C(=O)N3CC4CC4(c4ccc(Cl)cc4)C3)cnn21. The smallest absolute Gasteiger partial charge is 0.259 e. The van der Waals surface area contributed by atoms with Crippen LogP contribution in [0.4, 0.5) is 5.82 Å². The van der Waals surface area contributed by atoms with Crippen LogP contribution >= 0.6 is 11.6 Å². The van der Waals surface area contributed by atoms with Gasteiger partial charge in [0.25, 0.3) is 5.91 Å². The lowest BCUT2D eigenvalue weighted by atomic mass is 9.89. The largest absolute Gasteiger partial charge is 0.363 e. The van der Waals surface area contributed by atoms with E-state index >= 15 is 0 Å². The van der Waals surface area contributed by atoms with Gasteiger partial charge < -0.3 is 10.2 Å². The van der Waals surface area contributed by atoms with Crippen molar-refractivity contribution in [3.8, 4) is 0 Å². The number of piperidine rings is 1. The fourth-order valence-electron chi connectivity index (χ4n) is 5.83. The van der Waals surface area contributed by atoms with E-state index in [2.05, 4.69) is 60.7 Å². The van der Waals surface area contributed by atoms with Gasteiger partial charge in [-0.2, -0.15) is 5.10 Å². The van der Waals surface area contributed by atoms with E-state index in [0.717, 1.165) is 36.8 Å². The molecular formula is C26H27ClN4O. The second-order valence-corrected chi connectivity index (χ2v) is 10.6. The number of carbonyl (C=O) groups is 1. The Bertz CT molecular complexity index is 1190. The van der Waals surface area contributed by atoms with Gasteiger partial charge in [-0.15, -0.1) is 0 Å². The molecular weight excluding hydrogens is 420 g/mol. The Morgan fingerprint density at radius 3 is 2.59 bits per heavy atom. The second-order valence-electron chi connectivity index (χ2n) is 10.2. The van der Waals surface area contributed by atoms with Crippen LogP contribution in [0.25, 0.3) is 0 Å². The summed E-state index contributed by atoms with van der Waals surface area (Å²) < 4.78 is 1.99. The van der Waals surface area contributed by atoms with E-state index in [9.17, 15) is 4.79 Å². The van der Waals surface area contributed by atoms with E-state index in [1.54, 1.807) is 6.20 Å². The molecule has 1 N–H and O–H groups in total. The zero-order chi connectivity index (χ0) is 22.1. The Morgan fingerprint density at radius 1 is 1.09 bits per heavy atom. The fourth-order valence-corrected chi connectivity index (χ4v) is 5.95. The number of hydrogen-bond donors (Lipinski definition) is 1. The molecule has 6 rings (SSSR count). The second kappa shape index (κ2) is 6.85. The van der Waals surface area contributed by atoms with Crippen molar-refractivity contribution in [1.82, 2.24) is 14.7 Å². The number of carbonyl (C=O) groups excluding carboxylic acids is 1. The van der Waals surface area contributed by atoms with Crippen molar-refractivity contribution < 1.29 is 4.79 Å². The highest BCUT2D eigenvalue weighted by Gasteiger charge is 2.61. The summed E-state index contributed by atoms with van der Waals surface area (Å²) in [6.45, 7) is 5.94. The average Bonchev–Trinajstić information content (AvgIpc) is 3.13.